The number of nitrogens with one attached hydrogen (secondary N) is 1. The van der Waals surface area contributed by atoms with E-state index in [9.17, 15) is 4.79 Å². The molecule has 0 spiro atoms. The summed E-state index contributed by atoms with van der Waals surface area (Å²) in [5, 5.41) is 3.34. The summed E-state index contributed by atoms with van der Waals surface area (Å²) < 4.78 is 0. The molecule has 1 aliphatic heterocycles. The minimum absolute atomic E-state index is 0.238. The molecule has 1 aliphatic rings. The van der Waals surface area contributed by atoms with Crippen LogP contribution in [0.15, 0.2) is 24.4 Å². The van der Waals surface area contributed by atoms with Gasteiger partial charge in [0.15, 0.2) is 0 Å². The first-order chi connectivity index (χ1) is 8.68. The zero-order chi connectivity index (χ0) is 13.0. The lowest BCUT2D eigenvalue weighted by Crippen LogP contribution is -2.57. The highest BCUT2D eigenvalue weighted by atomic mass is 16.2. The Balaban J connectivity index is 1.91. The summed E-state index contributed by atoms with van der Waals surface area (Å²) in [6, 6.07) is 6.39. The van der Waals surface area contributed by atoms with Crippen molar-refractivity contribution in [2.45, 2.75) is 38.8 Å². The number of hydrogen-bond acceptors (Lipinski definition) is 3. The molecule has 1 fully saturated rings. The lowest BCUT2D eigenvalue weighted by molar-refractivity contribution is -0.136. The third-order valence-electron chi connectivity index (χ3n) is 3.44. The van der Waals surface area contributed by atoms with Crippen LogP contribution in [-0.2, 0) is 11.2 Å². The number of aryl methyl sites for hydroxylation is 1. The van der Waals surface area contributed by atoms with Crippen molar-refractivity contribution in [1.82, 2.24) is 15.2 Å². The van der Waals surface area contributed by atoms with Crippen LogP contribution in [0.4, 0.5) is 0 Å². The van der Waals surface area contributed by atoms with Gasteiger partial charge in [-0.2, -0.15) is 0 Å². The number of carbonyl (C=O) groups is 1. The molecule has 1 aromatic rings. The van der Waals surface area contributed by atoms with Gasteiger partial charge in [-0.3, -0.25) is 9.78 Å². The van der Waals surface area contributed by atoms with Gasteiger partial charge in [0, 0.05) is 43.5 Å². The third kappa shape index (κ3) is 3.07. The summed E-state index contributed by atoms with van der Waals surface area (Å²) in [4.78, 5) is 18.5. The van der Waals surface area contributed by atoms with Crippen LogP contribution in [0.5, 0.6) is 0 Å². The summed E-state index contributed by atoms with van der Waals surface area (Å²) in [6.45, 7) is 5.97. The van der Waals surface area contributed by atoms with Gasteiger partial charge in [0.25, 0.3) is 0 Å². The van der Waals surface area contributed by atoms with Crippen molar-refractivity contribution in [2.75, 3.05) is 13.1 Å². The number of aromatic nitrogens is 1. The number of piperazine rings is 1. The fraction of sp³-hybridized carbons (Fsp3) is 0.571. The normalized spacial score (nSPS) is 24.0. The first-order valence-corrected chi connectivity index (χ1v) is 6.60. The van der Waals surface area contributed by atoms with Crippen LogP contribution in [0.1, 0.15) is 26.0 Å². The summed E-state index contributed by atoms with van der Waals surface area (Å²) in [7, 11) is 0. The molecular weight excluding hydrogens is 226 g/mol. The van der Waals surface area contributed by atoms with E-state index in [4.69, 9.17) is 0 Å². The first-order valence-electron chi connectivity index (χ1n) is 6.60. The number of amides is 1. The van der Waals surface area contributed by atoms with Crippen molar-refractivity contribution in [3.05, 3.63) is 30.1 Å². The molecule has 2 unspecified atom stereocenters. The van der Waals surface area contributed by atoms with Crippen LogP contribution in [0.2, 0.25) is 0 Å². The van der Waals surface area contributed by atoms with Gasteiger partial charge in [-0.15, -0.1) is 0 Å². The van der Waals surface area contributed by atoms with E-state index in [2.05, 4.69) is 24.1 Å². The average molecular weight is 247 g/mol. The van der Waals surface area contributed by atoms with E-state index in [-0.39, 0.29) is 18.0 Å². The minimum atomic E-state index is 0.238. The Labute approximate surface area is 108 Å². The smallest absolute Gasteiger partial charge is 0.223 e. The van der Waals surface area contributed by atoms with Gasteiger partial charge >= 0.3 is 0 Å². The van der Waals surface area contributed by atoms with E-state index in [0.29, 0.717) is 6.42 Å². The van der Waals surface area contributed by atoms with Crippen LogP contribution in [-0.4, -0.2) is 41.0 Å². The first kappa shape index (κ1) is 13.0. The Morgan fingerprint density at radius 1 is 1.39 bits per heavy atom. The molecule has 2 atom stereocenters. The molecular formula is C14H21N3O. The molecule has 1 aromatic heterocycles. The molecule has 4 nitrogen and oxygen atoms in total. The summed E-state index contributed by atoms with van der Waals surface area (Å²) in [6.07, 6.45) is 3.05. The summed E-state index contributed by atoms with van der Waals surface area (Å²) in [5.41, 5.74) is 0.987. The van der Waals surface area contributed by atoms with E-state index < -0.39 is 0 Å². The molecule has 2 heterocycles. The van der Waals surface area contributed by atoms with E-state index in [1.807, 2.05) is 23.1 Å². The monoisotopic (exact) mass is 247 g/mol. The molecule has 0 aliphatic carbocycles. The highest BCUT2D eigenvalue weighted by Crippen LogP contribution is 2.12. The van der Waals surface area contributed by atoms with Gasteiger partial charge in [-0.25, -0.2) is 0 Å². The van der Waals surface area contributed by atoms with Gasteiger partial charge in [0.1, 0.15) is 0 Å². The fourth-order valence-corrected chi connectivity index (χ4v) is 2.53. The molecule has 0 saturated carbocycles. The Morgan fingerprint density at radius 2 is 2.11 bits per heavy atom. The van der Waals surface area contributed by atoms with Crippen molar-refractivity contribution < 1.29 is 4.79 Å². The molecule has 1 N–H and O–H groups in total. The van der Waals surface area contributed by atoms with Crippen molar-refractivity contribution in [3.8, 4) is 0 Å². The van der Waals surface area contributed by atoms with Gasteiger partial charge in [0.05, 0.1) is 0 Å². The number of hydrogen-bond donors (Lipinski definition) is 1. The Kier molecular flexibility index (Phi) is 4.31. The molecule has 98 valence electrons. The van der Waals surface area contributed by atoms with Crippen LogP contribution in [0.3, 0.4) is 0 Å². The molecule has 1 amide bonds. The van der Waals surface area contributed by atoms with E-state index in [1.54, 1.807) is 6.20 Å². The standard InChI is InChI=1S/C14H21N3O/c1-11-9-15-10-12(2)17(11)14(18)7-6-13-5-3-4-8-16-13/h3-5,8,11-12,15H,6-7,9-10H2,1-2H3. The highest BCUT2D eigenvalue weighted by molar-refractivity contribution is 5.77. The topological polar surface area (TPSA) is 45.2 Å². The second-order valence-electron chi connectivity index (χ2n) is 4.98. The van der Waals surface area contributed by atoms with Crippen LogP contribution >= 0.6 is 0 Å². The Morgan fingerprint density at radius 3 is 2.72 bits per heavy atom. The van der Waals surface area contributed by atoms with Gasteiger partial charge in [-0.05, 0) is 32.4 Å². The predicted molar refractivity (Wildman–Crippen MR) is 71.2 cm³/mol. The quantitative estimate of drug-likeness (QED) is 0.873. The molecule has 0 radical (unpaired) electrons. The van der Waals surface area contributed by atoms with Crippen LogP contribution in [0.25, 0.3) is 0 Å². The molecule has 2 rings (SSSR count). The van der Waals surface area contributed by atoms with Crippen molar-refractivity contribution in [1.29, 1.82) is 0 Å². The number of pyridine rings is 1. The zero-order valence-corrected chi connectivity index (χ0v) is 11.1. The van der Waals surface area contributed by atoms with Crippen LogP contribution in [0, 0.1) is 0 Å². The third-order valence-corrected chi connectivity index (χ3v) is 3.44. The zero-order valence-electron chi connectivity index (χ0n) is 11.1. The van der Waals surface area contributed by atoms with Crippen molar-refractivity contribution >= 4 is 5.91 Å². The Bertz CT molecular complexity index is 383. The van der Waals surface area contributed by atoms with Gasteiger partial charge < -0.3 is 10.2 Å². The number of carbonyl (C=O) groups excluding carboxylic acids is 1. The second kappa shape index (κ2) is 5.96. The predicted octanol–water partition coefficient (Wildman–Crippen LogP) is 1.22. The maximum absolute atomic E-state index is 12.3. The van der Waals surface area contributed by atoms with Crippen molar-refractivity contribution in [2.24, 2.45) is 0 Å². The average Bonchev–Trinajstić information content (AvgIpc) is 2.37. The van der Waals surface area contributed by atoms with E-state index in [1.165, 1.54) is 0 Å². The fourth-order valence-electron chi connectivity index (χ4n) is 2.53. The summed E-state index contributed by atoms with van der Waals surface area (Å²) in [5.74, 6) is 0.238. The molecule has 0 aromatic carbocycles. The summed E-state index contributed by atoms with van der Waals surface area (Å²) >= 11 is 0. The second-order valence-corrected chi connectivity index (χ2v) is 4.98. The van der Waals surface area contributed by atoms with Crippen molar-refractivity contribution in [3.63, 3.8) is 0 Å². The lowest BCUT2D eigenvalue weighted by Gasteiger charge is -2.39. The maximum atomic E-state index is 12.3. The largest absolute Gasteiger partial charge is 0.335 e. The Hall–Kier alpha value is -1.42. The number of nitrogens with zero attached hydrogens (tertiary/aromatic N) is 2. The number of rotatable bonds is 3. The van der Waals surface area contributed by atoms with Gasteiger partial charge in [0.2, 0.25) is 5.91 Å². The van der Waals surface area contributed by atoms with Crippen LogP contribution < -0.4 is 5.32 Å². The highest BCUT2D eigenvalue weighted by Gasteiger charge is 2.28. The molecule has 1 saturated heterocycles. The molecule has 0 bridgehead atoms. The SMILES string of the molecule is CC1CNCC(C)N1C(=O)CCc1ccccn1. The van der Waals surface area contributed by atoms with E-state index >= 15 is 0 Å². The molecule has 4 heteroatoms. The van der Waals surface area contributed by atoms with Gasteiger partial charge in [-0.1, -0.05) is 6.07 Å². The maximum Gasteiger partial charge on any atom is 0.223 e. The minimum Gasteiger partial charge on any atom is -0.335 e. The lowest BCUT2D eigenvalue weighted by atomic mass is 10.1. The molecule has 18 heavy (non-hydrogen) atoms. The van der Waals surface area contributed by atoms with E-state index in [0.717, 1.165) is 25.2 Å².